The molecule has 1 heterocycles. The third-order valence-corrected chi connectivity index (χ3v) is 2.66. The average Bonchev–Trinajstić information content (AvgIpc) is 2.60. The van der Waals surface area contributed by atoms with Crippen molar-refractivity contribution in [3.8, 4) is 5.69 Å². The van der Waals surface area contributed by atoms with Crippen LogP contribution in [0.25, 0.3) is 5.69 Å². The molecule has 3 N–H and O–H groups in total. The van der Waals surface area contributed by atoms with E-state index < -0.39 is 5.54 Å². The normalized spacial score (nSPS) is 11.8. The van der Waals surface area contributed by atoms with E-state index >= 15 is 0 Å². The fourth-order valence-corrected chi connectivity index (χ4v) is 1.81. The Labute approximate surface area is 103 Å². The zero-order chi connectivity index (χ0) is 12.6. The lowest BCUT2D eigenvalue weighted by Gasteiger charge is -2.18. The van der Waals surface area contributed by atoms with Crippen LogP contribution in [0.3, 0.4) is 0 Å². The van der Waals surface area contributed by atoms with Crippen LogP contribution in [0.15, 0.2) is 29.1 Å². The highest BCUT2D eigenvalue weighted by Crippen LogP contribution is 2.22. The molecule has 0 radical (unpaired) electrons. The van der Waals surface area contributed by atoms with Crippen LogP contribution in [-0.4, -0.2) is 14.8 Å². The number of rotatable bonds is 2. The number of hydrogen-bond donors (Lipinski definition) is 2. The van der Waals surface area contributed by atoms with Gasteiger partial charge in [0, 0.05) is 0 Å². The van der Waals surface area contributed by atoms with Crippen molar-refractivity contribution in [2.45, 2.75) is 19.4 Å². The van der Waals surface area contributed by atoms with E-state index in [1.807, 2.05) is 0 Å². The molecular formula is C11H13ClN4O. The van der Waals surface area contributed by atoms with Gasteiger partial charge >= 0.3 is 5.69 Å². The monoisotopic (exact) mass is 252 g/mol. The van der Waals surface area contributed by atoms with Crippen molar-refractivity contribution in [1.82, 2.24) is 14.8 Å². The van der Waals surface area contributed by atoms with Crippen LogP contribution in [0.2, 0.25) is 5.02 Å². The van der Waals surface area contributed by atoms with Gasteiger partial charge in [0.15, 0.2) is 5.82 Å². The first kappa shape index (κ1) is 11.9. The Morgan fingerprint density at radius 3 is 2.65 bits per heavy atom. The van der Waals surface area contributed by atoms with E-state index in [1.54, 1.807) is 38.1 Å². The first-order valence-electron chi connectivity index (χ1n) is 5.13. The van der Waals surface area contributed by atoms with Gasteiger partial charge in [0.2, 0.25) is 0 Å². The number of nitrogens with one attached hydrogen (secondary N) is 1. The van der Waals surface area contributed by atoms with Crippen LogP contribution < -0.4 is 11.4 Å². The Hall–Kier alpha value is -1.59. The molecule has 5 nitrogen and oxygen atoms in total. The predicted octanol–water partition coefficient (Wildman–Crippen LogP) is 1.41. The van der Waals surface area contributed by atoms with E-state index in [4.69, 9.17) is 17.3 Å². The molecule has 0 fully saturated rings. The van der Waals surface area contributed by atoms with Crippen molar-refractivity contribution in [2.24, 2.45) is 5.73 Å². The van der Waals surface area contributed by atoms with Crippen molar-refractivity contribution >= 4 is 11.6 Å². The third kappa shape index (κ3) is 2.11. The zero-order valence-electron chi connectivity index (χ0n) is 9.57. The zero-order valence-corrected chi connectivity index (χ0v) is 10.3. The lowest BCUT2D eigenvalue weighted by atomic mass is 10.1. The van der Waals surface area contributed by atoms with E-state index in [0.717, 1.165) is 0 Å². The molecule has 0 atom stereocenters. The molecule has 0 unspecified atom stereocenters. The van der Waals surface area contributed by atoms with E-state index in [1.165, 1.54) is 4.57 Å². The maximum atomic E-state index is 11.8. The number of para-hydroxylation sites is 1. The molecule has 6 heteroatoms. The van der Waals surface area contributed by atoms with E-state index in [9.17, 15) is 4.79 Å². The van der Waals surface area contributed by atoms with Crippen molar-refractivity contribution in [3.63, 3.8) is 0 Å². The Bertz CT molecular complexity index is 594. The molecule has 1 aromatic carbocycles. The van der Waals surface area contributed by atoms with Crippen molar-refractivity contribution < 1.29 is 0 Å². The van der Waals surface area contributed by atoms with Crippen LogP contribution in [0.5, 0.6) is 0 Å². The van der Waals surface area contributed by atoms with Gasteiger partial charge in [0.05, 0.1) is 16.2 Å². The maximum Gasteiger partial charge on any atom is 0.348 e. The summed E-state index contributed by atoms with van der Waals surface area (Å²) < 4.78 is 1.39. The molecular weight excluding hydrogens is 240 g/mol. The van der Waals surface area contributed by atoms with Crippen LogP contribution >= 0.6 is 11.6 Å². The number of hydrogen-bond acceptors (Lipinski definition) is 3. The van der Waals surface area contributed by atoms with Crippen molar-refractivity contribution in [1.29, 1.82) is 0 Å². The molecule has 0 spiro atoms. The van der Waals surface area contributed by atoms with Gasteiger partial charge in [-0.3, -0.25) is 0 Å². The Morgan fingerprint density at radius 1 is 1.41 bits per heavy atom. The summed E-state index contributed by atoms with van der Waals surface area (Å²) in [7, 11) is 0. The summed E-state index contributed by atoms with van der Waals surface area (Å²) in [6.07, 6.45) is 0. The number of nitrogens with two attached hydrogens (primary N) is 1. The molecule has 0 aliphatic carbocycles. The minimum atomic E-state index is -0.738. The Morgan fingerprint density at radius 2 is 2.06 bits per heavy atom. The second kappa shape index (κ2) is 4.01. The molecule has 0 bridgehead atoms. The van der Waals surface area contributed by atoms with Gasteiger partial charge in [-0.1, -0.05) is 23.7 Å². The molecule has 2 rings (SSSR count). The number of aromatic nitrogens is 3. The largest absolute Gasteiger partial charge is 0.348 e. The van der Waals surface area contributed by atoms with Crippen LogP contribution in [-0.2, 0) is 5.54 Å². The third-order valence-electron chi connectivity index (χ3n) is 2.34. The molecule has 0 saturated heterocycles. The molecule has 0 aliphatic rings. The average molecular weight is 253 g/mol. The summed E-state index contributed by atoms with van der Waals surface area (Å²) in [6.45, 7) is 3.55. The fourth-order valence-electron chi connectivity index (χ4n) is 1.59. The van der Waals surface area contributed by atoms with E-state index in [0.29, 0.717) is 16.5 Å². The van der Waals surface area contributed by atoms with Crippen LogP contribution in [0, 0.1) is 0 Å². The van der Waals surface area contributed by atoms with Gasteiger partial charge in [-0.05, 0) is 26.0 Å². The number of aromatic amines is 1. The van der Waals surface area contributed by atoms with Gasteiger partial charge < -0.3 is 5.73 Å². The molecule has 17 heavy (non-hydrogen) atoms. The maximum absolute atomic E-state index is 11.8. The summed E-state index contributed by atoms with van der Waals surface area (Å²) in [5, 5.41) is 6.81. The quantitative estimate of drug-likeness (QED) is 0.848. The summed E-state index contributed by atoms with van der Waals surface area (Å²) in [5.41, 5.74) is 5.45. The van der Waals surface area contributed by atoms with Crippen LogP contribution in [0.4, 0.5) is 0 Å². The topological polar surface area (TPSA) is 76.7 Å². The SMILES string of the molecule is CC(C)(N)c1n[nH]c(=O)n1-c1ccccc1Cl. The first-order valence-corrected chi connectivity index (χ1v) is 5.51. The number of nitrogens with zero attached hydrogens (tertiary/aromatic N) is 2. The summed E-state index contributed by atoms with van der Waals surface area (Å²) >= 11 is 6.07. The molecule has 0 aliphatic heterocycles. The van der Waals surface area contributed by atoms with Gasteiger partial charge in [0.1, 0.15) is 0 Å². The smallest absolute Gasteiger partial charge is 0.319 e. The lowest BCUT2D eigenvalue weighted by Crippen LogP contribution is -2.34. The second-order valence-corrected chi connectivity index (χ2v) is 4.77. The molecule has 0 saturated carbocycles. The van der Waals surface area contributed by atoms with E-state index in [-0.39, 0.29) is 5.69 Å². The number of H-pyrrole nitrogens is 1. The molecule has 90 valence electrons. The second-order valence-electron chi connectivity index (χ2n) is 4.36. The van der Waals surface area contributed by atoms with Gasteiger partial charge in [-0.15, -0.1) is 0 Å². The molecule has 1 aromatic heterocycles. The number of benzene rings is 1. The summed E-state index contributed by atoms with van der Waals surface area (Å²) in [5.74, 6) is 0.440. The minimum absolute atomic E-state index is 0.355. The fraction of sp³-hybridized carbons (Fsp3) is 0.273. The van der Waals surface area contributed by atoms with Gasteiger partial charge in [-0.25, -0.2) is 14.5 Å². The van der Waals surface area contributed by atoms with Crippen molar-refractivity contribution in [3.05, 3.63) is 45.6 Å². The summed E-state index contributed by atoms with van der Waals surface area (Å²) in [4.78, 5) is 11.8. The highest BCUT2D eigenvalue weighted by molar-refractivity contribution is 6.32. The Balaban J connectivity index is 2.73. The highest BCUT2D eigenvalue weighted by atomic mass is 35.5. The predicted molar refractivity (Wildman–Crippen MR) is 66.4 cm³/mol. The van der Waals surface area contributed by atoms with Crippen molar-refractivity contribution in [2.75, 3.05) is 0 Å². The van der Waals surface area contributed by atoms with Gasteiger partial charge in [0.25, 0.3) is 0 Å². The van der Waals surface area contributed by atoms with Gasteiger partial charge in [-0.2, -0.15) is 5.10 Å². The van der Waals surface area contributed by atoms with Crippen LogP contribution in [0.1, 0.15) is 19.7 Å². The first-order chi connectivity index (χ1) is 7.91. The standard InChI is InChI=1S/C11H13ClN4O/c1-11(2,13)9-14-15-10(17)16(9)8-6-4-3-5-7(8)12/h3-6H,13H2,1-2H3,(H,15,17). The van der Waals surface area contributed by atoms with E-state index in [2.05, 4.69) is 10.2 Å². The summed E-state index contributed by atoms with van der Waals surface area (Å²) in [6, 6.07) is 7.05. The molecule has 2 aromatic rings. The Kier molecular flexibility index (Phi) is 2.81. The minimum Gasteiger partial charge on any atom is -0.319 e. The lowest BCUT2D eigenvalue weighted by molar-refractivity contribution is 0.502. The number of halogens is 1. The highest BCUT2D eigenvalue weighted by Gasteiger charge is 2.24. The molecule has 0 amide bonds.